The number of rotatable bonds is 4. The van der Waals surface area contributed by atoms with Gasteiger partial charge >= 0.3 is 0 Å². The van der Waals surface area contributed by atoms with Gasteiger partial charge in [0.25, 0.3) is 0 Å². The average molecular weight is 370 g/mol. The third-order valence-electron chi connectivity index (χ3n) is 4.27. The lowest BCUT2D eigenvalue weighted by Gasteiger charge is -2.29. The molecule has 0 radical (unpaired) electrons. The highest BCUT2D eigenvalue weighted by atomic mass is 35.5. The van der Waals surface area contributed by atoms with Gasteiger partial charge in [0.2, 0.25) is 5.95 Å². The van der Waals surface area contributed by atoms with Crippen molar-refractivity contribution in [1.29, 1.82) is 0 Å². The largest absolute Gasteiger partial charge is 0.381 e. The standard InChI is InChI=1S/C17H18Cl2FN3O/c1-10(11-3-6-24-7-4-11)22-17-14(19)9-13(18)16(23-17)12-2-5-21-15(20)8-12/h2,5,8-11H,3-4,6-7H2,1H3,(H,22,23)/t10-/m0/s1. The van der Waals surface area contributed by atoms with E-state index >= 15 is 0 Å². The Labute approximate surface area is 150 Å². The minimum Gasteiger partial charge on any atom is -0.381 e. The highest BCUT2D eigenvalue weighted by molar-refractivity contribution is 6.37. The molecule has 1 saturated heterocycles. The molecule has 0 saturated carbocycles. The van der Waals surface area contributed by atoms with Crippen LogP contribution in [0.25, 0.3) is 11.3 Å². The Bertz CT molecular complexity index is 723. The molecule has 0 bridgehead atoms. The van der Waals surface area contributed by atoms with Gasteiger partial charge < -0.3 is 10.1 Å². The number of hydrogen-bond acceptors (Lipinski definition) is 4. The van der Waals surface area contributed by atoms with Gasteiger partial charge in [-0.25, -0.2) is 9.97 Å². The summed E-state index contributed by atoms with van der Waals surface area (Å²) in [5, 5.41) is 4.18. The molecule has 7 heteroatoms. The minimum atomic E-state index is -0.578. The zero-order chi connectivity index (χ0) is 17.1. The van der Waals surface area contributed by atoms with E-state index in [2.05, 4.69) is 22.2 Å². The molecule has 1 aliphatic heterocycles. The highest BCUT2D eigenvalue weighted by Gasteiger charge is 2.22. The summed E-state index contributed by atoms with van der Waals surface area (Å²) in [6, 6.07) is 4.79. The van der Waals surface area contributed by atoms with Gasteiger partial charge in [-0.3, -0.25) is 0 Å². The second kappa shape index (κ2) is 7.64. The fourth-order valence-electron chi connectivity index (χ4n) is 2.87. The normalized spacial score (nSPS) is 16.8. The molecule has 0 unspecified atom stereocenters. The SMILES string of the molecule is C[C@H](Nc1nc(-c2ccnc(F)c2)c(Cl)cc1Cl)C1CCOCC1. The molecule has 3 rings (SSSR count). The Hall–Kier alpha value is -1.43. The summed E-state index contributed by atoms with van der Waals surface area (Å²) in [6.45, 7) is 3.66. The molecule has 0 aliphatic carbocycles. The smallest absolute Gasteiger partial charge is 0.213 e. The highest BCUT2D eigenvalue weighted by Crippen LogP contribution is 2.33. The van der Waals surface area contributed by atoms with E-state index in [1.165, 1.54) is 12.3 Å². The fraction of sp³-hybridized carbons (Fsp3) is 0.412. The van der Waals surface area contributed by atoms with E-state index in [0.29, 0.717) is 33.0 Å². The van der Waals surface area contributed by atoms with Crippen LogP contribution in [0.4, 0.5) is 10.2 Å². The predicted octanol–water partition coefficient (Wildman–Crippen LogP) is 4.82. The van der Waals surface area contributed by atoms with Crippen LogP contribution in [0.15, 0.2) is 24.4 Å². The van der Waals surface area contributed by atoms with Gasteiger partial charge in [-0.15, -0.1) is 0 Å². The number of nitrogens with one attached hydrogen (secondary N) is 1. The topological polar surface area (TPSA) is 47.0 Å². The monoisotopic (exact) mass is 369 g/mol. The molecule has 0 amide bonds. The van der Waals surface area contributed by atoms with Gasteiger partial charge in [0.15, 0.2) is 0 Å². The maximum absolute atomic E-state index is 13.4. The molecule has 1 N–H and O–H groups in total. The average Bonchev–Trinajstić information content (AvgIpc) is 2.58. The number of nitrogens with zero attached hydrogens (tertiary/aromatic N) is 2. The van der Waals surface area contributed by atoms with Gasteiger partial charge in [-0.1, -0.05) is 23.2 Å². The van der Waals surface area contributed by atoms with Gasteiger partial charge in [0, 0.05) is 37.1 Å². The second-order valence-electron chi connectivity index (χ2n) is 5.90. The molecule has 24 heavy (non-hydrogen) atoms. The summed E-state index contributed by atoms with van der Waals surface area (Å²) in [4.78, 5) is 8.07. The van der Waals surface area contributed by atoms with Crippen LogP contribution in [0.5, 0.6) is 0 Å². The van der Waals surface area contributed by atoms with Crippen molar-refractivity contribution in [3.63, 3.8) is 0 Å². The molecular formula is C17H18Cl2FN3O. The first-order valence-corrected chi connectivity index (χ1v) is 8.62. The summed E-state index contributed by atoms with van der Waals surface area (Å²) < 4.78 is 18.8. The summed E-state index contributed by atoms with van der Waals surface area (Å²) in [5.74, 6) is 0.465. The number of aromatic nitrogens is 2. The lowest BCUT2D eigenvalue weighted by Crippen LogP contribution is -2.31. The van der Waals surface area contributed by atoms with Crippen molar-refractivity contribution in [3.8, 4) is 11.3 Å². The minimum absolute atomic E-state index is 0.196. The van der Waals surface area contributed by atoms with E-state index in [-0.39, 0.29) is 6.04 Å². The van der Waals surface area contributed by atoms with Crippen molar-refractivity contribution >= 4 is 29.0 Å². The van der Waals surface area contributed by atoms with Crippen LogP contribution in [0.1, 0.15) is 19.8 Å². The van der Waals surface area contributed by atoms with Crippen LogP contribution < -0.4 is 5.32 Å². The first kappa shape index (κ1) is 17.4. The molecule has 3 heterocycles. The van der Waals surface area contributed by atoms with E-state index in [4.69, 9.17) is 27.9 Å². The summed E-state index contributed by atoms with van der Waals surface area (Å²) in [5.41, 5.74) is 1.04. The summed E-state index contributed by atoms with van der Waals surface area (Å²) >= 11 is 12.5. The van der Waals surface area contributed by atoms with Crippen molar-refractivity contribution in [2.75, 3.05) is 18.5 Å². The molecule has 2 aromatic heterocycles. The number of ether oxygens (including phenoxy) is 1. The second-order valence-corrected chi connectivity index (χ2v) is 6.71. The summed E-state index contributed by atoms with van der Waals surface area (Å²) in [7, 11) is 0. The Balaban J connectivity index is 1.86. The molecule has 1 aliphatic rings. The van der Waals surface area contributed by atoms with Crippen LogP contribution in [-0.2, 0) is 4.74 Å². The number of halogens is 3. The van der Waals surface area contributed by atoms with Crippen LogP contribution in [0.2, 0.25) is 10.0 Å². The molecular weight excluding hydrogens is 352 g/mol. The molecule has 2 aromatic rings. The zero-order valence-electron chi connectivity index (χ0n) is 13.2. The Morgan fingerprint density at radius 2 is 2.00 bits per heavy atom. The van der Waals surface area contributed by atoms with Crippen molar-refractivity contribution in [1.82, 2.24) is 9.97 Å². The lowest BCUT2D eigenvalue weighted by molar-refractivity contribution is 0.0622. The van der Waals surface area contributed by atoms with Gasteiger partial charge in [-0.2, -0.15) is 4.39 Å². The lowest BCUT2D eigenvalue weighted by atomic mass is 9.93. The van der Waals surface area contributed by atoms with Crippen LogP contribution >= 0.6 is 23.2 Å². The zero-order valence-corrected chi connectivity index (χ0v) is 14.7. The van der Waals surface area contributed by atoms with E-state index < -0.39 is 5.95 Å². The number of anilines is 1. The van der Waals surface area contributed by atoms with Crippen LogP contribution in [0, 0.1) is 11.9 Å². The number of pyridine rings is 2. The number of hydrogen-bond donors (Lipinski definition) is 1. The Morgan fingerprint density at radius 1 is 1.25 bits per heavy atom. The molecule has 1 atom stereocenters. The van der Waals surface area contributed by atoms with E-state index in [1.807, 2.05) is 0 Å². The first-order chi connectivity index (χ1) is 11.5. The van der Waals surface area contributed by atoms with Crippen LogP contribution in [-0.4, -0.2) is 29.2 Å². The fourth-order valence-corrected chi connectivity index (χ4v) is 3.39. The third-order valence-corrected chi connectivity index (χ3v) is 4.84. The molecule has 128 valence electrons. The maximum atomic E-state index is 13.4. The van der Waals surface area contributed by atoms with Crippen LogP contribution in [0.3, 0.4) is 0 Å². The predicted molar refractivity (Wildman–Crippen MR) is 94.1 cm³/mol. The molecule has 0 aromatic carbocycles. The van der Waals surface area contributed by atoms with Crippen molar-refractivity contribution in [3.05, 3.63) is 40.4 Å². The maximum Gasteiger partial charge on any atom is 0.213 e. The van der Waals surface area contributed by atoms with E-state index in [1.54, 1.807) is 12.1 Å². The molecule has 1 fully saturated rings. The van der Waals surface area contributed by atoms with Gasteiger partial charge in [0.05, 0.1) is 15.7 Å². The van der Waals surface area contributed by atoms with Gasteiger partial charge in [0.1, 0.15) is 5.82 Å². The van der Waals surface area contributed by atoms with Crippen molar-refractivity contribution in [2.24, 2.45) is 5.92 Å². The van der Waals surface area contributed by atoms with E-state index in [9.17, 15) is 4.39 Å². The Morgan fingerprint density at radius 3 is 2.71 bits per heavy atom. The Kier molecular flexibility index (Phi) is 5.54. The summed E-state index contributed by atoms with van der Waals surface area (Å²) in [6.07, 6.45) is 3.39. The molecule has 4 nitrogen and oxygen atoms in total. The first-order valence-electron chi connectivity index (χ1n) is 7.87. The van der Waals surface area contributed by atoms with Gasteiger partial charge in [-0.05, 0) is 37.8 Å². The quantitative estimate of drug-likeness (QED) is 0.785. The molecule has 0 spiro atoms. The third kappa shape index (κ3) is 3.97. The van der Waals surface area contributed by atoms with Crippen molar-refractivity contribution < 1.29 is 9.13 Å². The van der Waals surface area contributed by atoms with Crippen molar-refractivity contribution in [2.45, 2.75) is 25.8 Å². The van der Waals surface area contributed by atoms with E-state index in [0.717, 1.165) is 26.1 Å².